The Morgan fingerprint density at radius 1 is 1.10 bits per heavy atom. The summed E-state index contributed by atoms with van der Waals surface area (Å²) in [5.41, 5.74) is 0. The van der Waals surface area contributed by atoms with Crippen LogP contribution in [0.2, 0.25) is 0 Å². The summed E-state index contributed by atoms with van der Waals surface area (Å²) in [6.07, 6.45) is 6.09. The molecular formula is C15H27N3O2. The maximum absolute atomic E-state index is 12.2. The van der Waals surface area contributed by atoms with E-state index in [0.29, 0.717) is 19.1 Å². The number of carbonyl (C=O) groups excluding carboxylic acids is 2. The first-order valence-corrected chi connectivity index (χ1v) is 7.91. The monoisotopic (exact) mass is 281 g/mol. The van der Waals surface area contributed by atoms with Crippen molar-refractivity contribution < 1.29 is 9.59 Å². The van der Waals surface area contributed by atoms with Crippen LogP contribution in [0.1, 0.15) is 46.0 Å². The van der Waals surface area contributed by atoms with Gasteiger partial charge in [-0.1, -0.05) is 20.3 Å². The van der Waals surface area contributed by atoms with Crippen molar-refractivity contribution in [2.24, 2.45) is 11.8 Å². The molecule has 2 rings (SSSR count). The van der Waals surface area contributed by atoms with Crippen molar-refractivity contribution in [2.75, 3.05) is 19.6 Å². The average molecular weight is 281 g/mol. The summed E-state index contributed by atoms with van der Waals surface area (Å²) in [5.74, 6) is 0.746. The molecule has 0 aromatic rings. The van der Waals surface area contributed by atoms with Gasteiger partial charge in [-0.05, 0) is 31.6 Å². The van der Waals surface area contributed by atoms with Crippen LogP contribution in [-0.2, 0) is 4.79 Å². The predicted molar refractivity (Wildman–Crippen MR) is 78.3 cm³/mol. The Labute approximate surface area is 121 Å². The zero-order valence-electron chi connectivity index (χ0n) is 12.7. The molecule has 5 heteroatoms. The standard InChI is InChI=1S/C15H27N3O2/c1-11(2)14(19)16-8-9-17-15(20)18-10-4-6-12-5-3-7-13(12)18/h11-13H,3-10H2,1-2H3,(H,16,19)(H,17,20)/t12-,13+/m1/s1. The van der Waals surface area contributed by atoms with Gasteiger partial charge in [-0.25, -0.2) is 4.79 Å². The van der Waals surface area contributed by atoms with E-state index in [1.54, 1.807) is 0 Å². The molecule has 0 unspecified atom stereocenters. The second-order valence-electron chi connectivity index (χ2n) is 6.27. The Balaban J connectivity index is 1.70. The number of likely N-dealkylation sites (tertiary alicyclic amines) is 1. The topological polar surface area (TPSA) is 61.4 Å². The van der Waals surface area contributed by atoms with Gasteiger partial charge in [0.1, 0.15) is 0 Å². The highest BCUT2D eigenvalue weighted by atomic mass is 16.2. The zero-order chi connectivity index (χ0) is 14.5. The quantitative estimate of drug-likeness (QED) is 0.771. The van der Waals surface area contributed by atoms with Crippen LogP contribution in [0.3, 0.4) is 0 Å². The number of fused-ring (bicyclic) bond motifs is 1. The van der Waals surface area contributed by atoms with Crippen molar-refractivity contribution in [1.29, 1.82) is 0 Å². The number of rotatable bonds is 4. The molecule has 1 saturated carbocycles. The van der Waals surface area contributed by atoms with Crippen molar-refractivity contribution in [2.45, 2.75) is 52.0 Å². The number of nitrogens with one attached hydrogen (secondary N) is 2. The fourth-order valence-electron chi connectivity index (χ4n) is 3.37. The lowest BCUT2D eigenvalue weighted by Gasteiger charge is -2.37. The van der Waals surface area contributed by atoms with Crippen LogP contribution in [0.4, 0.5) is 4.79 Å². The lowest BCUT2D eigenvalue weighted by molar-refractivity contribution is -0.123. The summed E-state index contributed by atoms with van der Waals surface area (Å²) in [6, 6.07) is 0.495. The number of piperidine rings is 1. The molecule has 0 aromatic carbocycles. The van der Waals surface area contributed by atoms with Crippen molar-refractivity contribution in [1.82, 2.24) is 15.5 Å². The average Bonchev–Trinajstić information content (AvgIpc) is 2.90. The fraction of sp³-hybridized carbons (Fsp3) is 0.867. The van der Waals surface area contributed by atoms with Crippen molar-refractivity contribution in [3.8, 4) is 0 Å². The number of hydrogen-bond acceptors (Lipinski definition) is 2. The van der Waals surface area contributed by atoms with E-state index in [0.717, 1.165) is 25.3 Å². The first kappa shape index (κ1) is 15.1. The Hall–Kier alpha value is -1.26. The van der Waals surface area contributed by atoms with Gasteiger partial charge in [-0.3, -0.25) is 4.79 Å². The molecule has 0 aromatic heterocycles. The van der Waals surface area contributed by atoms with Crippen LogP contribution in [-0.4, -0.2) is 42.5 Å². The number of hydrogen-bond donors (Lipinski definition) is 2. The zero-order valence-corrected chi connectivity index (χ0v) is 12.7. The molecule has 2 aliphatic rings. The van der Waals surface area contributed by atoms with Crippen LogP contribution in [0.5, 0.6) is 0 Å². The maximum atomic E-state index is 12.2. The number of amides is 3. The van der Waals surface area contributed by atoms with Crippen LogP contribution in [0, 0.1) is 11.8 Å². The summed E-state index contributed by atoms with van der Waals surface area (Å²) in [5, 5.41) is 5.75. The molecule has 0 radical (unpaired) electrons. The van der Waals surface area contributed by atoms with E-state index in [2.05, 4.69) is 10.6 Å². The lowest BCUT2D eigenvalue weighted by Crippen LogP contribution is -2.51. The molecule has 1 saturated heterocycles. The molecule has 2 atom stereocenters. The SMILES string of the molecule is CC(C)C(=O)NCCNC(=O)N1CCC[C@H]2CCC[C@@H]21. The van der Waals surface area contributed by atoms with Crippen molar-refractivity contribution in [3.63, 3.8) is 0 Å². The van der Waals surface area contributed by atoms with E-state index in [1.165, 1.54) is 19.3 Å². The maximum Gasteiger partial charge on any atom is 0.317 e. The molecule has 0 bridgehead atoms. The second kappa shape index (κ2) is 6.95. The van der Waals surface area contributed by atoms with Gasteiger partial charge < -0.3 is 15.5 Å². The first-order valence-electron chi connectivity index (χ1n) is 7.91. The molecule has 1 aliphatic carbocycles. The third kappa shape index (κ3) is 3.64. The predicted octanol–water partition coefficient (Wildman–Crippen LogP) is 1.73. The highest BCUT2D eigenvalue weighted by molar-refractivity contribution is 5.78. The molecule has 3 amide bonds. The Morgan fingerprint density at radius 2 is 1.80 bits per heavy atom. The normalized spacial score (nSPS) is 25.4. The molecule has 1 heterocycles. The van der Waals surface area contributed by atoms with E-state index in [9.17, 15) is 9.59 Å². The van der Waals surface area contributed by atoms with Gasteiger partial charge >= 0.3 is 6.03 Å². The molecule has 2 N–H and O–H groups in total. The summed E-state index contributed by atoms with van der Waals surface area (Å²) >= 11 is 0. The summed E-state index contributed by atoms with van der Waals surface area (Å²) in [7, 11) is 0. The van der Waals surface area contributed by atoms with Crippen LogP contribution < -0.4 is 10.6 Å². The molecule has 5 nitrogen and oxygen atoms in total. The van der Waals surface area contributed by atoms with Gasteiger partial charge in [0.25, 0.3) is 0 Å². The molecule has 0 spiro atoms. The Bertz CT molecular complexity index is 357. The molecular weight excluding hydrogens is 254 g/mol. The minimum atomic E-state index is -0.00737. The summed E-state index contributed by atoms with van der Waals surface area (Å²) in [4.78, 5) is 25.6. The minimum absolute atomic E-state index is 0.00737. The third-order valence-corrected chi connectivity index (χ3v) is 4.48. The fourth-order valence-corrected chi connectivity index (χ4v) is 3.37. The van der Waals surface area contributed by atoms with Crippen LogP contribution in [0.15, 0.2) is 0 Å². The molecule has 20 heavy (non-hydrogen) atoms. The van der Waals surface area contributed by atoms with Gasteiger partial charge in [0, 0.05) is 31.6 Å². The molecule has 2 fully saturated rings. The third-order valence-electron chi connectivity index (χ3n) is 4.48. The van der Waals surface area contributed by atoms with Gasteiger partial charge in [0.05, 0.1) is 0 Å². The first-order chi connectivity index (χ1) is 9.59. The summed E-state index contributed by atoms with van der Waals surface area (Å²) in [6.45, 7) is 5.62. The Morgan fingerprint density at radius 3 is 2.55 bits per heavy atom. The van der Waals surface area contributed by atoms with Crippen molar-refractivity contribution >= 4 is 11.9 Å². The van der Waals surface area contributed by atoms with E-state index < -0.39 is 0 Å². The van der Waals surface area contributed by atoms with Crippen LogP contribution in [0.25, 0.3) is 0 Å². The van der Waals surface area contributed by atoms with Gasteiger partial charge in [0.2, 0.25) is 5.91 Å². The summed E-state index contributed by atoms with van der Waals surface area (Å²) < 4.78 is 0. The van der Waals surface area contributed by atoms with Gasteiger partial charge in [0.15, 0.2) is 0 Å². The van der Waals surface area contributed by atoms with Gasteiger partial charge in [-0.15, -0.1) is 0 Å². The molecule has 1 aliphatic heterocycles. The molecule has 114 valence electrons. The number of carbonyl (C=O) groups is 2. The second-order valence-corrected chi connectivity index (χ2v) is 6.27. The Kier molecular flexibility index (Phi) is 5.26. The van der Waals surface area contributed by atoms with Crippen molar-refractivity contribution in [3.05, 3.63) is 0 Å². The minimum Gasteiger partial charge on any atom is -0.354 e. The highest BCUT2D eigenvalue weighted by Crippen LogP contribution is 2.36. The van der Waals surface area contributed by atoms with Gasteiger partial charge in [-0.2, -0.15) is 0 Å². The lowest BCUT2D eigenvalue weighted by atomic mass is 9.92. The highest BCUT2D eigenvalue weighted by Gasteiger charge is 2.37. The largest absolute Gasteiger partial charge is 0.354 e. The number of nitrogens with zero attached hydrogens (tertiary/aromatic N) is 1. The smallest absolute Gasteiger partial charge is 0.317 e. The van der Waals surface area contributed by atoms with Crippen LogP contribution >= 0.6 is 0 Å². The van der Waals surface area contributed by atoms with E-state index in [4.69, 9.17) is 0 Å². The number of urea groups is 1. The van der Waals surface area contributed by atoms with E-state index in [-0.39, 0.29) is 17.9 Å². The van der Waals surface area contributed by atoms with E-state index in [1.807, 2.05) is 18.7 Å². The van der Waals surface area contributed by atoms with E-state index >= 15 is 0 Å².